The van der Waals surface area contributed by atoms with Crippen molar-refractivity contribution in [2.45, 2.75) is 42.7 Å². The molecule has 1 aromatic heterocycles. The molecule has 1 aromatic rings. The van der Waals surface area contributed by atoms with Crippen LogP contribution < -0.4 is 4.72 Å². The van der Waals surface area contributed by atoms with Gasteiger partial charge in [-0.25, -0.2) is 18.1 Å². The van der Waals surface area contributed by atoms with E-state index in [-0.39, 0.29) is 16.1 Å². The van der Waals surface area contributed by atoms with Crippen molar-refractivity contribution in [2.24, 2.45) is 0 Å². The number of aliphatic hydroxyl groups is 1. The van der Waals surface area contributed by atoms with Crippen LogP contribution >= 0.6 is 27.5 Å². The highest BCUT2D eigenvalue weighted by molar-refractivity contribution is 9.10. The number of halogens is 2. The summed E-state index contributed by atoms with van der Waals surface area (Å²) < 4.78 is 27.6. The van der Waals surface area contributed by atoms with Crippen LogP contribution in [0.25, 0.3) is 0 Å². The van der Waals surface area contributed by atoms with E-state index in [2.05, 4.69) is 25.6 Å². The van der Waals surface area contributed by atoms with Crippen LogP contribution in [0.5, 0.6) is 0 Å². The lowest BCUT2D eigenvalue weighted by molar-refractivity contribution is 0.117. The lowest BCUT2D eigenvalue weighted by Gasteiger charge is -2.26. The maximum absolute atomic E-state index is 12.2. The van der Waals surface area contributed by atoms with Gasteiger partial charge in [0.05, 0.1) is 6.10 Å². The summed E-state index contributed by atoms with van der Waals surface area (Å²) in [5, 5.41) is 9.50. The fourth-order valence-electron chi connectivity index (χ4n) is 2.15. The van der Waals surface area contributed by atoms with Crippen molar-refractivity contribution in [1.82, 2.24) is 9.71 Å². The second-order valence-corrected chi connectivity index (χ2v) is 7.54. The number of nitrogens with zero attached hydrogens (tertiary/aromatic N) is 1. The van der Waals surface area contributed by atoms with Gasteiger partial charge in [-0.2, -0.15) is 0 Å². The number of pyridine rings is 1. The third-order valence-electron chi connectivity index (χ3n) is 3.03. The minimum Gasteiger partial charge on any atom is -0.393 e. The van der Waals surface area contributed by atoms with E-state index in [0.29, 0.717) is 10.9 Å². The minimum atomic E-state index is -3.72. The molecule has 5 nitrogen and oxygen atoms in total. The maximum Gasteiger partial charge on any atom is 0.243 e. The average Bonchev–Trinajstić information content (AvgIpc) is 2.31. The van der Waals surface area contributed by atoms with Gasteiger partial charge in [-0.05, 0) is 47.7 Å². The van der Waals surface area contributed by atoms with Gasteiger partial charge in [0.2, 0.25) is 10.0 Å². The number of sulfonamides is 1. The fourth-order valence-corrected chi connectivity index (χ4v) is 4.37. The topological polar surface area (TPSA) is 79.3 Å². The summed E-state index contributed by atoms with van der Waals surface area (Å²) >= 11 is 9.00. The fraction of sp³-hybridized carbons (Fsp3) is 0.545. The first-order chi connectivity index (χ1) is 8.88. The zero-order valence-corrected chi connectivity index (χ0v) is 13.2. The molecule has 0 radical (unpaired) electrons. The second kappa shape index (κ2) is 6.05. The molecule has 8 heteroatoms. The van der Waals surface area contributed by atoms with E-state index in [9.17, 15) is 13.5 Å². The summed E-state index contributed by atoms with van der Waals surface area (Å²) in [5.74, 6) is 0. The van der Waals surface area contributed by atoms with E-state index in [4.69, 9.17) is 11.6 Å². The number of aliphatic hydroxyl groups excluding tert-OH is 1. The zero-order chi connectivity index (χ0) is 14.0. The molecule has 0 aliphatic heterocycles. The van der Waals surface area contributed by atoms with Crippen LogP contribution in [0.15, 0.2) is 21.6 Å². The van der Waals surface area contributed by atoms with E-state index in [1.165, 1.54) is 12.3 Å². The number of aromatic nitrogens is 1. The first-order valence-electron chi connectivity index (χ1n) is 5.90. The van der Waals surface area contributed by atoms with Gasteiger partial charge in [0.25, 0.3) is 0 Å². The minimum absolute atomic E-state index is 0.0522. The van der Waals surface area contributed by atoms with Crippen LogP contribution in [-0.2, 0) is 10.0 Å². The molecule has 19 heavy (non-hydrogen) atoms. The van der Waals surface area contributed by atoms with E-state index in [1.807, 2.05) is 0 Å². The molecule has 1 heterocycles. The Bertz CT molecular complexity index is 567. The Labute approximate surface area is 125 Å². The molecule has 0 bridgehead atoms. The van der Waals surface area contributed by atoms with Crippen LogP contribution in [-0.4, -0.2) is 30.7 Å². The molecule has 1 fully saturated rings. The van der Waals surface area contributed by atoms with Gasteiger partial charge in [0, 0.05) is 16.7 Å². The molecular formula is C11H14BrClN2O3S. The summed E-state index contributed by atoms with van der Waals surface area (Å²) in [6.07, 6.45) is 3.66. The molecule has 0 aromatic carbocycles. The highest BCUT2D eigenvalue weighted by Crippen LogP contribution is 2.25. The molecule has 1 aliphatic carbocycles. The largest absolute Gasteiger partial charge is 0.393 e. The number of hydrogen-bond donors (Lipinski definition) is 2. The van der Waals surface area contributed by atoms with Gasteiger partial charge >= 0.3 is 0 Å². The van der Waals surface area contributed by atoms with E-state index < -0.39 is 16.1 Å². The van der Waals surface area contributed by atoms with E-state index in [0.717, 1.165) is 19.3 Å². The van der Waals surface area contributed by atoms with Gasteiger partial charge in [-0.1, -0.05) is 11.6 Å². The highest BCUT2D eigenvalue weighted by Gasteiger charge is 2.27. The van der Waals surface area contributed by atoms with Crippen LogP contribution in [0.3, 0.4) is 0 Å². The Hall–Kier alpha value is -0.210. The van der Waals surface area contributed by atoms with Crippen LogP contribution in [0, 0.1) is 0 Å². The molecular weight excluding hydrogens is 356 g/mol. The Kier molecular flexibility index (Phi) is 4.84. The molecule has 106 valence electrons. The predicted molar refractivity (Wildman–Crippen MR) is 75.5 cm³/mol. The first-order valence-corrected chi connectivity index (χ1v) is 8.55. The van der Waals surface area contributed by atoms with Crippen LogP contribution in [0.2, 0.25) is 5.15 Å². The molecule has 2 unspecified atom stereocenters. The van der Waals surface area contributed by atoms with Gasteiger partial charge in [0.15, 0.2) is 0 Å². The Morgan fingerprint density at radius 2 is 2.21 bits per heavy atom. The normalized spacial score (nSPS) is 24.4. The van der Waals surface area contributed by atoms with Crippen LogP contribution in [0.1, 0.15) is 25.7 Å². The zero-order valence-electron chi connectivity index (χ0n) is 10.0. The third kappa shape index (κ3) is 3.88. The standard InChI is InChI=1S/C11H14BrClN2O3S/c12-7-4-10(11(13)14-6-7)19(17,18)15-8-2-1-3-9(16)5-8/h4,6,8-9,15-16H,1-3,5H2. The van der Waals surface area contributed by atoms with Gasteiger partial charge in [-0.3, -0.25) is 0 Å². The Morgan fingerprint density at radius 1 is 1.47 bits per heavy atom. The van der Waals surface area contributed by atoms with Crippen molar-refractivity contribution in [2.75, 3.05) is 0 Å². The monoisotopic (exact) mass is 368 g/mol. The maximum atomic E-state index is 12.2. The summed E-state index contributed by atoms with van der Waals surface area (Å²) in [6.45, 7) is 0. The molecule has 0 amide bonds. The van der Waals surface area contributed by atoms with Crippen LogP contribution in [0.4, 0.5) is 0 Å². The Morgan fingerprint density at radius 3 is 2.89 bits per heavy atom. The van der Waals surface area contributed by atoms with Crippen molar-refractivity contribution in [3.63, 3.8) is 0 Å². The summed E-state index contributed by atoms with van der Waals surface area (Å²) in [4.78, 5) is 3.75. The molecule has 1 saturated carbocycles. The lowest BCUT2D eigenvalue weighted by atomic mass is 9.94. The lowest BCUT2D eigenvalue weighted by Crippen LogP contribution is -2.39. The van der Waals surface area contributed by atoms with E-state index >= 15 is 0 Å². The summed E-state index contributed by atoms with van der Waals surface area (Å²) in [6, 6.07) is 1.15. The van der Waals surface area contributed by atoms with Gasteiger partial charge < -0.3 is 5.11 Å². The number of rotatable bonds is 3. The average molecular weight is 370 g/mol. The molecule has 0 spiro atoms. The highest BCUT2D eigenvalue weighted by atomic mass is 79.9. The molecule has 2 atom stereocenters. The van der Waals surface area contributed by atoms with Crippen molar-refractivity contribution in [3.8, 4) is 0 Å². The van der Waals surface area contributed by atoms with Crippen molar-refractivity contribution in [1.29, 1.82) is 0 Å². The molecule has 0 saturated heterocycles. The van der Waals surface area contributed by atoms with Gasteiger partial charge in [0.1, 0.15) is 10.0 Å². The number of hydrogen-bond acceptors (Lipinski definition) is 4. The van der Waals surface area contributed by atoms with Gasteiger partial charge in [-0.15, -0.1) is 0 Å². The predicted octanol–water partition coefficient (Wildman–Crippen LogP) is 2.08. The van der Waals surface area contributed by atoms with Crippen molar-refractivity contribution >= 4 is 37.6 Å². The second-order valence-electron chi connectivity index (χ2n) is 4.58. The van der Waals surface area contributed by atoms with Crippen molar-refractivity contribution in [3.05, 3.63) is 21.9 Å². The van der Waals surface area contributed by atoms with Crippen molar-refractivity contribution < 1.29 is 13.5 Å². The summed E-state index contributed by atoms with van der Waals surface area (Å²) in [5.41, 5.74) is 0. The molecule has 2 rings (SSSR count). The Balaban J connectivity index is 2.20. The SMILES string of the molecule is O=S(=O)(NC1CCCC(O)C1)c1cc(Br)cnc1Cl. The smallest absolute Gasteiger partial charge is 0.243 e. The molecule has 1 aliphatic rings. The number of nitrogens with one attached hydrogen (secondary N) is 1. The third-order valence-corrected chi connectivity index (χ3v) is 5.41. The quantitative estimate of drug-likeness (QED) is 0.800. The summed E-state index contributed by atoms with van der Waals surface area (Å²) in [7, 11) is -3.72. The molecule has 2 N–H and O–H groups in total. The van der Waals surface area contributed by atoms with E-state index in [1.54, 1.807) is 0 Å². The first kappa shape index (κ1) is 15.2.